The minimum Gasteiger partial charge on any atom is -0.356 e. The first kappa shape index (κ1) is 12.4. The lowest BCUT2D eigenvalue weighted by Crippen LogP contribution is -2.62. The molecule has 2 spiro atoms. The minimum absolute atomic E-state index is 0.125. The summed E-state index contributed by atoms with van der Waals surface area (Å²) in [5, 5.41) is 2.94. The van der Waals surface area contributed by atoms with Gasteiger partial charge in [-0.05, 0) is 6.42 Å². The molecule has 0 aromatic heterocycles. The molecule has 0 atom stereocenters. The van der Waals surface area contributed by atoms with Crippen LogP contribution in [-0.4, -0.2) is 63.0 Å². The van der Waals surface area contributed by atoms with Crippen molar-refractivity contribution >= 4 is 15.7 Å². The molecular weight excluding hydrogens is 252 g/mol. The Labute approximate surface area is 108 Å². The maximum atomic E-state index is 11.9. The summed E-state index contributed by atoms with van der Waals surface area (Å²) in [5.74, 6) is 0.878. The van der Waals surface area contributed by atoms with Gasteiger partial charge < -0.3 is 9.80 Å². The van der Waals surface area contributed by atoms with Gasteiger partial charge in [0.1, 0.15) is 0 Å². The quantitative estimate of drug-likeness (QED) is 0.607. The number of quaternary nitrogens is 1. The van der Waals surface area contributed by atoms with E-state index in [1.165, 1.54) is 0 Å². The topological polar surface area (TPSA) is 63.2 Å². The molecular formula is C12H21N2O3S+. The number of amides is 1. The third-order valence-electron chi connectivity index (χ3n) is 5.25. The number of rotatable bonds is 0. The summed E-state index contributed by atoms with van der Waals surface area (Å²) in [5.41, 5.74) is -0.125. The van der Waals surface area contributed by atoms with Crippen LogP contribution in [0.25, 0.3) is 0 Å². The van der Waals surface area contributed by atoms with E-state index in [2.05, 4.69) is 5.32 Å². The summed E-state index contributed by atoms with van der Waals surface area (Å²) in [7, 11) is -2.79. The molecule has 3 fully saturated rings. The van der Waals surface area contributed by atoms with E-state index in [9.17, 15) is 13.2 Å². The van der Waals surface area contributed by atoms with Crippen molar-refractivity contribution in [2.45, 2.75) is 19.3 Å². The number of hydrogen-bond donors (Lipinski definition) is 1. The molecule has 3 heterocycles. The zero-order chi connectivity index (χ0) is 12.9. The van der Waals surface area contributed by atoms with Gasteiger partial charge in [-0.3, -0.25) is 4.79 Å². The smallest absolute Gasteiger partial charge is 0.226 e. The van der Waals surface area contributed by atoms with Gasteiger partial charge in [0.05, 0.1) is 43.1 Å². The number of nitrogens with zero attached hydrogens (tertiary/aromatic N) is 1. The molecule has 18 heavy (non-hydrogen) atoms. The maximum Gasteiger partial charge on any atom is 0.226 e. The first-order valence-corrected chi connectivity index (χ1v) is 8.62. The van der Waals surface area contributed by atoms with Crippen LogP contribution in [0.2, 0.25) is 0 Å². The van der Waals surface area contributed by atoms with Gasteiger partial charge in [0.25, 0.3) is 0 Å². The Balaban J connectivity index is 1.69. The highest BCUT2D eigenvalue weighted by Gasteiger charge is 2.50. The molecule has 6 heteroatoms. The van der Waals surface area contributed by atoms with E-state index < -0.39 is 9.84 Å². The van der Waals surface area contributed by atoms with E-state index in [-0.39, 0.29) is 11.3 Å². The first-order valence-electron chi connectivity index (χ1n) is 6.79. The summed E-state index contributed by atoms with van der Waals surface area (Å²) >= 11 is 0. The fourth-order valence-electron chi connectivity index (χ4n) is 3.66. The van der Waals surface area contributed by atoms with Crippen LogP contribution >= 0.6 is 0 Å². The average Bonchev–Trinajstić information content (AvgIpc) is 2.69. The van der Waals surface area contributed by atoms with E-state index in [4.69, 9.17) is 0 Å². The lowest BCUT2D eigenvalue weighted by atomic mass is 9.76. The van der Waals surface area contributed by atoms with Crippen LogP contribution < -0.4 is 5.32 Å². The summed E-state index contributed by atoms with van der Waals surface area (Å²) in [4.78, 5) is 11.9. The standard InChI is InChI=1S/C12H20N2O3S/c15-11-12(1-4-13-11)2-5-14(6-3-12)7-9-18(16,17)10-8-14/h1-10H2/p+1. The second-order valence-electron chi connectivity index (χ2n) is 6.17. The third kappa shape index (κ3) is 1.95. The number of sulfone groups is 1. The number of piperidine rings is 1. The van der Waals surface area contributed by atoms with Gasteiger partial charge in [-0.2, -0.15) is 0 Å². The highest BCUT2D eigenvalue weighted by molar-refractivity contribution is 7.91. The maximum absolute atomic E-state index is 11.9. The molecule has 102 valence electrons. The Hall–Kier alpha value is -0.620. The van der Waals surface area contributed by atoms with Crippen molar-refractivity contribution in [3.05, 3.63) is 0 Å². The molecule has 0 aromatic carbocycles. The molecule has 3 saturated heterocycles. The van der Waals surface area contributed by atoms with Crippen molar-refractivity contribution in [2.24, 2.45) is 5.41 Å². The highest BCUT2D eigenvalue weighted by Crippen LogP contribution is 2.40. The van der Waals surface area contributed by atoms with Crippen LogP contribution in [0, 0.1) is 5.41 Å². The molecule has 3 aliphatic heterocycles. The van der Waals surface area contributed by atoms with Crippen LogP contribution in [-0.2, 0) is 14.6 Å². The summed E-state index contributed by atoms with van der Waals surface area (Å²) in [6, 6.07) is 0. The summed E-state index contributed by atoms with van der Waals surface area (Å²) in [6.07, 6.45) is 2.82. The second kappa shape index (κ2) is 3.93. The van der Waals surface area contributed by atoms with Crippen LogP contribution in [0.1, 0.15) is 19.3 Å². The van der Waals surface area contributed by atoms with E-state index in [1.807, 2.05) is 0 Å². The number of carbonyl (C=O) groups is 1. The Morgan fingerprint density at radius 1 is 1.00 bits per heavy atom. The molecule has 1 N–H and O–H groups in total. The molecule has 1 amide bonds. The normalized spacial score (nSPS) is 32.6. The van der Waals surface area contributed by atoms with Crippen LogP contribution in [0.4, 0.5) is 0 Å². The van der Waals surface area contributed by atoms with Crippen molar-refractivity contribution in [3.8, 4) is 0 Å². The molecule has 0 unspecified atom stereocenters. The number of hydrogen-bond acceptors (Lipinski definition) is 3. The van der Waals surface area contributed by atoms with E-state index >= 15 is 0 Å². The fraction of sp³-hybridized carbons (Fsp3) is 0.917. The molecule has 0 bridgehead atoms. The predicted molar refractivity (Wildman–Crippen MR) is 67.7 cm³/mol. The minimum atomic E-state index is -2.79. The second-order valence-corrected chi connectivity index (χ2v) is 8.48. The van der Waals surface area contributed by atoms with Crippen molar-refractivity contribution in [1.82, 2.24) is 5.32 Å². The Morgan fingerprint density at radius 2 is 1.61 bits per heavy atom. The van der Waals surface area contributed by atoms with E-state index in [0.717, 1.165) is 56.5 Å². The number of carbonyl (C=O) groups excluding carboxylic acids is 1. The first-order chi connectivity index (χ1) is 8.46. The predicted octanol–water partition coefficient (Wildman–Crippen LogP) is -0.468. The molecule has 0 saturated carbocycles. The van der Waals surface area contributed by atoms with Crippen molar-refractivity contribution < 1.29 is 17.7 Å². The third-order valence-corrected chi connectivity index (χ3v) is 6.86. The lowest BCUT2D eigenvalue weighted by molar-refractivity contribution is -0.931. The molecule has 3 rings (SSSR count). The molecule has 0 aliphatic carbocycles. The van der Waals surface area contributed by atoms with Gasteiger partial charge >= 0.3 is 0 Å². The Kier molecular flexibility index (Phi) is 2.71. The largest absolute Gasteiger partial charge is 0.356 e. The number of nitrogens with one attached hydrogen (secondary N) is 1. The zero-order valence-electron chi connectivity index (χ0n) is 10.7. The van der Waals surface area contributed by atoms with Gasteiger partial charge in [-0.15, -0.1) is 0 Å². The molecule has 0 radical (unpaired) electrons. The SMILES string of the molecule is O=C1NCCC12CC[N+]1(CC2)CCS(=O)(=O)CC1. The van der Waals surface area contributed by atoms with E-state index in [0.29, 0.717) is 11.5 Å². The molecule has 0 aromatic rings. The van der Waals surface area contributed by atoms with Crippen LogP contribution in [0.15, 0.2) is 0 Å². The van der Waals surface area contributed by atoms with Gasteiger partial charge in [0.15, 0.2) is 9.84 Å². The van der Waals surface area contributed by atoms with Crippen molar-refractivity contribution in [1.29, 1.82) is 0 Å². The highest BCUT2D eigenvalue weighted by atomic mass is 32.2. The molecule has 3 aliphatic rings. The Morgan fingerprint density at radius 3 is 2.11 bits per heavy atom. The van der Waals surface area contributed by atoms with Gasteiger partial charge in [0.2, 0.25) is 5.91 Å². The summed E-state index contributed by atoms with van der Waals surface area (Å²) < 4.78 is 23.9. The monoisotopic (exact) mass is 273 g/mol. The summed E-state index contributed by atoms with van der Waals surface area (Å²) in [6.45, 7) is 4.26. The van der Waals surface area contributed by atoms with Gasteiger partial charge in [0, 0.05) is 19.4 Å². The average molecular weight is 273 g/mol. The Bertz CT molecular complexity index is 448. The fourth-order valence-corrected chi connectivity index (χ4v) is 5.19. The lowest BCUT2D eigenvalue weighted by Gasteiger charge is -2.48. The van der Waals surface area contributed by atoms with Crippen molar-refractivity contribution in [3.63, 3.8) is 0 Å². The van der Waals surface area contributed by atoms with Crippen LogP contribution in [0.3, 0.4) is 0 Å². The van der Waals surface area contributed by atoms with E-state index in [1.54, 1.807) is 0 Å². The van der Waals surface area contributed by atoms with Gasteiger partial charge in [-0.1, -0.05) is 0 Å². The van der Waals surface area contributed by atoms with Crippen LogP contribution in [0.5, 0.6) is 0 Å². The molecule has 5 nitrogen and oxygen atoms in total. The van der Waals surface area contributed by atoms with Crippen molar-refractivity contribution in [2.75, 3.05) is 44.2 Å². The van der Waals surface area contributed by atoms with Gasteiger partial charge in [-0.25, -0.2) is 8.42 Å². The zero-order valence-corrected chi connectivity index (χ0v) is 11.5.